The van der Waals surface area contributed by atoms with Crippen molar-refractivity contribution in [2.24, 2.45) is 5.92 Å². The Morgan fingerprint density at radius 1 is 1.07 bits per heavy atom. The van der Waals surface area contributed by atoms with Crippen LogP contribution >= 0.6 is 0 Å². The van der Waals surface area contributed by atoms with Crippen LogP contribution in [-0.2, 0) is 24.4 Å². The number of aliphatic carboxylic acids is 1. The molecule has 0 aliphatic rings. The average Bonchev–Trinajstić information content (AvgIpc) is 2.53. The molecule has 0 aromatic heterocycles. The van der Waals surface area contributed by atoms with Crippen molar-refractivity contribution in [2.45, 2.75) is 51.1 Å². The Morgan fingerprint density at radius 2 is 1.63 bits per heavy atom. The van der Waals surface area contributed by atoms with E-state index in [1.165, 1.54) is 38.1 Å². The Kier molecular flexibility index (Phi) is 7.92. The van der Waals surface area contributed by atoms with Gasteiger partial charge in [-0.2, -0.15) is 4.72 Å². The first-order valence-electron chi connectivity index (χ1n) is 8.35. The highest BCUT2D eigenvalue weighted by Crippen LogP contribution is 2.14. The maximum Gasteiger partial charge on any atom is 0.326 e. The summed E-state index contributed by atoms with van der Waals surface area (Å²) in [6.07, 6.45) is 0.227. The van der Waals surface area contributed by atoms with Gasteiger partial charge in [0, 0.05) is 12.6 Å². The summed E-state index contributed by atoms with van der Waals surface area (Å²) in [5.41, 5.74) is 0.435. The van der Waals surface area contributed by atoms with Crippen molar-refractivity contribution in [1.82, 2.24) is 10.0 Å². The first-order chi connectivity index (χ1) is 12.4. The number of carbonyl (C=O) groups is 3. The lowest BCUT2D eigenvalue weighted by atomic mass is 10.0. The number of benzene rings is 1. The van der Waals surface area contributed by atoms with Crippen molar-refractivity contribution >= 4 is 33.5 Å². The lowest BCUT2D eigenvalue weighted by Gasteiger charge is -2.20. The molecule has 0 aliphatic carbocycles. The van der Waals surface area contributed by atoms with Crippen molar-refractivity contribution < 1.29 is 27.9 Å². The Labute approximate surface area is 158 Å². The largest absolute Gasteiger partial charge is 0.480 e. The Bertz CT molecular complexity index is 789. The van der Waals surface area contributed by atoms with Crippen LogP contribution in [0.3, 0.4) is 0 Å². The number of carbonyl (C=O) groups excluding carboxylic acids is 2. The van der Waals surface area contributed by atoms with E-state index in [2.05, 4.69) is 15.4 Å². The molecule has 9 nitrogen and oxygen atoms in total. The second kappa shape index (κ2) is 9.47. The van der Waals surface area contributed by atoms with E-state index < -0.39 is 34.0 Å². The summed E-state index contributed by atoms with van der Waals surface area (Å²) in [5.74, 6) is -2.16. The molecule has 0 saturated heterocycles. The molecule has 150 valence electrons. The second-order valence-corrected chi connectivity index (χ2v) is 8.29. The van der Waals surface area contributed by atoms with Crippen LogP contribution in [0.2, 0.25) is 0 Å². The molecule has 0 aliphatic heterocycles. The lowest BCUT2D eigenvalue weighted by Crippen LogP contribution is -2.50. The van der Waals surface area contributed by atoms with Crippen molar-refractivity contribution in [1.29, 1.82) is 0 Å². The summed E-state index contributed by atoms with van der Waals surface area (Å²) in [4.78, 5) is 34.3. The molecule has 0 bridgehead atoms. The predicted molar refractivity (Wildman–Crippen MR) is 99.6 cm³/mol. The van der Waals surface area contributed by atoms with Gasteiger partial charge in [0.15, 0.2) is 0 Å². The third-order valence-corrected chi connectivity index (χ3v) is 5.09. The van der Waals surface area contributed by atoms with Gasteiger partial charge in [-0.05, 0) is 43.5 Å². The SMILES string of the molecule is CC(=O)Nc1ccc(S(=O)(=O)NC(C)C(=O)N[C@H](CC(C)C)C(=O)O)cc1. The molecule has 0 radical (unpaired) electrons. The number of rotatable bonds is 9. The molecule has 27 heavy (non-hydrogen) atoms. The molecular formula is C17H25N3O6S. The summed E-state index contributed by atoms with van der Waals surface area (Å²) in [6, 6.07) is 3.15. The van der Waals surface area contributed by atoms with E-state index in [0.29, 0.717) is 5.69 Å². The van der Waals surface area contributed by atoms with E-state index in [9.17, 15) is 22.8 Å². The van der Waals surface area contributed by atoms with Crippen LogP contribution in [0.1, 0.15) is 34.1 Å². The molecule has 0 fully saturated rings. The van der Waals surface area contributed by atoms with Crippen LogP contribution in [-0.4, -0.2) is 43.4 Å². The number of nitrogens with one attached hydrogen (secondary N) is 3. The van der Waals surface area contributed by atoms with Crippen LogP contribution in [0.5, 0.6) is 0 Å². The fourth-order valence-electron chi connectivity index (χ4n) is 2.26. The quantitative estimate of drug-likeness (QED) is 0.487. The predicted octanol–water partition coefficient (Wildman–Crippen LogP) is 0.927. The molecule has 2 amide bonds. The van der Waals surface area contributed by atoms with Crippen LogP contribution in [0, 0.1) is 5.92 Å². The number of carboxylic acids is 1. The zero-order chi connectivity index (χ0) is 20.8. The summed E-state index contributed by atoms with van der Waals surface area (Å²) in [7, 11) is -4.00. The smallest absolute Gasteiger partial charge is 0.326 e. The van der Waals surface area contributed by atoms with Gasteiger partial charge in [0.2, 0.25) is 21.8 Å². The van der Waals surface area contributed by atoms with Crippen molar-refractivity contribution in [3.05, 3.63) is 24.3 Å². The van der Waals surface area contributed by atoms with Crippen LogP contribution in [0.25, 0.3) is 0 Å². The van der Waals surface area contributed by atoms with Crippen LogP contribution in [0.4, 0.5) is 5.69 Å². The van der Waals surface area contributed by atoms with Crippen molar-refractivity contribution in [2.75, 3.05) is 5.32 Å². The van der Waals surface area contributed by atoms with Crippen LogP contribution < -0.4 is 15.4 Å². The molecule has 0 spiro atoms. The highest BCUT2D eigenvalue weighted by atomic mass is 32.2. The molecule has 1 unspecified atom stereocenters. The van der Waals surface area contributed by atoms with Gasteiger partial charge in [0.1, 0.15) is 6.04 Å². The number of anilines is 1. The van der Waals surface area contributed by atoms with Crippen LogP contribution in [0.15, 0.2) is 29.2 Å². The Balaban J connectivity index is 2.81. The zero-order valence-electron chi connectivity index (χ0n) is 15.6. The number of carboxylic acid groups (broad SMARTS) is 1. The average molecular weight is 399 g/mol. The molecule has 4 N–H and O–H groups in total. The van der Waals surface area contributed by atoms with Gasteiger partial charge in [-0.3, -0.25) is 9.59 Å². The topological polar surface area (TPSA) is 142 Å². The molecule has 2 atom stereocenters. The van der Waals surface area contributed by atoms with Gasteiger partial charge >= 0.3 is 5.97 Å². The summed E-state index contributed by atoms with van der Waals surface area (Å²) < 4.78 is 27.0. The molecule has 1 rings (SSSR count). The molecule has 1 aromatic carbocycles. The third kappa shape index (κ3) is 7.35. The molecule has 0 saturated carbocycles. The van der Waals surface area contributed by atoms with E-state index in [1.807, 2.05) is 13.8 Å². The van der Waals surface area contributed by atoms with Gasteiger partial charge in [0.05, 0.1) is 10.9 Å². The lowest BCUT2D eigenvalue weighted by molar-refractivity contribution is -0.142. The number of amides is 2. The maximum absolute atomic E-state index is 12.4. The van der Waals surface area contributed by atoms with E-state index in [-0.39, 0.29) is 23.1 Å². The summed E-state index contributed by atoms with van der Waals surface area (Å²) in [5, 5.41) is 14.0. The Morgan fingerprint density at radius 3 is 2.07 bits per heavy atom. The van der Waals surface area contributed by atoms with Crippen molar-refractivity contribution in [3.8, 4) is 0 Å². The fourth-order valence-corrected chi connectivity index (χ4v) is 3.47. The molecule has 0 heterocycles. The van der Waals surface area contributed by atoms with Crippen molar-refractivity contribution in [3.63, 3.8) is 0 Å². The van der Waals surface area contributed by atoms with Gasteiger partial charge in [0.25, 0.3) is 0 Å². The number of sulfonamides is 1. The first kappa shape index (κ1) is 22.6. The minimum absolute atomic E-state index is 0.0422. The monoisotopic (exact) mass is 399 g/mol. The second-order valence-electron chi connectivity index (χ2n) is 6.58. The highest BCUT2D eigenvalue weighted by Gasteiger charge is 2.26. The van der Waals surface area contributed by atoms with E-state index in [1.54, 1.807) is 0 Å². The van der Waals surface area contributed by atoms with E-state index >= 15 is 0 Å². The fraction of sp³-hybridized carbons (Fsp3) is 0.471. The number of hydrogen-bond acceptors (Lipinski definition) is 5. The Hall–Kier alpha value is -2.46. The summed E-state index contributed by atoms with van der Waals surface area (Å²) >= 11 is 0. The minimum Gasteiger partial charge on any atom is -0.480 e. The van der Waals surface area contributed by atoms with E-state index in [0.717, 1.165) is 0 Å². The maximum atomic E-state index is 12.4. The van der Waals surface area contributed by atoms with Gasteiger partial charge in [-0.1, -0.05) is 13.8 Å². The normalized spacial score (nSPS) is 13.7. The molecule has 1 aromatic rings. The van der Waals surface area contributed by atoms with Gasteiger partial charge in [-0.15, -0.1) is 0 Å². The third-order valence-electron chi connectivity index (χ3n) is 3.53. The van der Waals surface area contributed by atoms with E-state index in [4.69, 9.17) is 5.11 Å². The standard InChI is InChI=1S/C17H25N3O6S/c1-10(2)9-15(17(23)24)19-16(22)11(3)20-27(25,26)14-7-5-13(6-8-14)18-12(4)21/h5-8,10-11,15,20H,9H2,1-4H3,(H,18,21)(H,19,22)(H,23,24)/t11?,15-/m1/s1. The van der Waals surface area contributed by atoms with Gasteiger partial charge in [-0.25, -0.2) is 13.2 Å². The number of hydrogen-bond donors (Lipinski definition) is 4. The first-order valence-corrected chi connectivity index (χ1v) is 9.84. The molecular weight excluding hydrogens is 374 g/mol. The minimum atomic E-state index is -4.00. The zero-order valence-corrected chi connectivity index (χ0v) is 16.5. The highest BCUT2D eigenvalue weighted by molar-refractivity contribution is 7.89. The van der Waals surface area contributed by atoms with Gasteiger partial charge < -0.3 is 15.7 Å². The molecule has 10 heteroatoms. The summed E-state index contributed by atoms with van der Waals surface area (Å²) in [6.45, 7) is 6.29.